The highest BCUT2D eigenvalue weighted by molar-refractivity contribution is 7.22. The summed E-state index contributed by atoms with van der Waals surface area (Å²) in [5, 5.41) is 8.18. The average molecular weight is 439 g/mol. The van der Waals surface area contributed by atoms with Crippen LogP contribution in [0.1, 0.15) is 26.3 Å². The fourth-order valence-electron chi connectivity index (χ4n) is 3.09. The summed E-state index contributed by atoms with van der Waals surface area (Å²) in [6.45, 7) is 5.88. The minimum absolute atomic E-state index is 0.185. The van der Waals surface area contributed by atoms with Crippen molar-refractivity contribution in [3.63, 3.8) is 0 Å². The molecule has 9 heteroatoms. The summed E-state index contributed by atoms with van der Waals surface area (Å²) < 4.78 is 13.0. The molecular weight excluding hydrogens is 416 g/mol. The zero-order chi connectivity index (χ0) is 22.2. The maximum absolute atomic E-state index is 12.5. The molecule has 4 aromatic rings. The molecule has 2 aromatic carbocycles. The third-order valence-electron chi connectivity index (χ3n) is 4.40. The number of ether oxygens (including phenoxy) is 2. The van der Waals surface area contributed by atoms with Gasteiger partial charge in [0.05, 0.1) is 29.3 Å². The van der Waals surface area contributed by atoms with Crippen molar-refractivity contribution in [3.05, 3.63) is 58.4 Å². The number of anilines is 1. The fraction of sp³-hybridized carbons (Fsp3) is 0.273. The molecule has 0 atom stereocenters. The molecule has 8 nitrogen and oxygen atoms in total. The molecule has 0 spiro atoms. The topological polar surface area (TPSA) is 95.3 Å². The zero-order valence-corrected chi connectivity index (χ0v) is 18.4. The summed E-state index contributed by atoms with van der Waals surface area (Å²) in [7, 11) is 1.62. The summed E-state index contributed by atoms with van der Waals surface area (Å²) in [4.78, 5) is 29.2. The molecule has 0 radical (unpaired) electrons. The van der Waals surface area contributed by atoms with Crippen molar-refractivity contribution in [2.24, 2.45) is 0 Å². The first-order valence-electron chi connectivity index (χ1n) is 9.66. The van der Waals surface area contributed by atoms with Crippen LogP contribution in [0.25, 0.3) is 21.1 Å². The Balaban J connectivity index is 1.70. The minimum Gasteiger partial charge on any atom is -0.497 e. The standard InChI is InChI=1S/C22H22N4O4S/c1-22(2,3)30-21(28)24-20-23-19-15-12-26(11-13-5-7-14(29-4)8-6-13)25-18(15)16(27)9-10-17(19)31-20/h5-10,12H,11H2,1-4H3,(H,23,24,28). The predicted molar refractivity (Wildman–Crippen MR) is 121 cm³/mol. The van der Waals surface area contributed by atoms with Gasteiger partial charge in [-0.1, -0.05) is 23.5 Å². The van der Waals surface area contributed by atoms with E-state index in [1.54, 1.807) is 44.8 Å². The highest BCUT2D eigenvalue weighted by Gasteiger charge is 2.18. The molecule has 0 aliphatic heterocycles. The summed E-state index contributed by atoms with van der Waals surface area (Å²) >= 11 is 1.27. The van der Waals surface area contributed by atoms with Gasteiger partial charge in [0.25, 0.3) is 0 Å². The number of benzene rings is 1. The molecule has 0 fully saturated rings. The molecule has 4 rings (SSSR count). The number of aromatic nitrogens is 3. The second-order valence-electron chi connectivity index (χ2n) is 7.99. The number of methoxy groups -OCH3 is 1. The number of carbonyl (C=O) groups is 1. The monoisotopic (exact) mass is 438 g/mol. The van der Waals surface area contributed by atoms with E-state index in [2.05, 4.69) is 15.4 Å². The van der Waals surface area contributed by atoms with Gasteiger partial charge in [-0.15, -0.1) is 0 Å². The largest absolute Gasteiger partial charge is 0.497 e. The summed E-state index contributed by atoms with van der Waals surface area (Å²) in [5.74, 6) is 0.775. The van der Waals surface area contributed by atoms with E-state index in [9.17, 15) is 9.59 Å². The van der Waals surface area contributed by atoms with Crippen LogP contribution in [0.3, 0.4) is 0 Å². The molecule has 0 bridgehead atoms. The molecule has 0 saturated carbocycles. The second-order valence-corrected chi connectivity index (χ2v) is 9.02. The lowest BCUT2D eigenvalue weighted by Gasteiger charge is -2.18. The second kappa shape index (κ2) is 7.99. The van der Waals surface area contributed by atoms with Gasteiger partial charge in [0, 0.05) is 6.20 Å². The van der Waals surface area contributed by atoms with Gasteiger partial charge in [-0.25, -0.2) is 9.78 Å². The SMILES string of the molecule is COc1ccc(Cn2cc3c(n2)c(=O)ccc2sc(NC(=O)OC(C)(C)C)nc23)cc1. The van der Waals surface area contributed by atoms with E-state index < -0.39 is 11.7 Å². The van der Waals surface area contributed by atoms with Gasteiger partial charge in [0.15, 0.2) is 5.13 Å². The van der Waals surface area contributed by atoms with Crippen LogP contribution >= 0.6 is 11.3 Å². The van der Waals surface area contributed by atoms with Crippen LogP contribution in [0.15, 0.2) is 47.4 Å². The number of nitrogens with one attached hydrogen (secondary N) is 1. The van der Waals surface area contributed by atoms with Gasteiger partial charge >= 0.3 is 6.09 Å². The number of nitrogens with zero attached hydrogens (tertiary/aromatic N) is 3. The molecule has 1 N–H and O–H groups in total. The van der Waals surface area contributed by atoms with Crippen molar-refractivity contribution >= 4 is 43.7 Å². The van der Waals surface area contributed by atoms with Crippen LogP contribution in [0, 0.1) is 0 Å². The Morgan fingerprint density at radius 2 is 1.87 bits per heavy atom. The minimum atomic E-state index is -0.611. The first kappa shape index (κ1) is 20.8. The predicted octanol–water partition coefficient (Wildman–Crippen LogP) is 4.41. The maximum atomic E-state index is 12.5. The number of carbonyl (C=O) groups excluding carboxylic acids is 1. The lowest BCUT2D eigenvalue weighted by Crippen LogP contribution is -2.27. The van der Waals surface area contributed by atoms with E-state index in [0.717, 1.165) is 16.0 Å². The molecule has 160 valence electrons. The van der Waals surface area contributed by atoms with E-state index in [-0.39, 0.29) is 5.43 Å². The van der Waals surface area contributed by atoms with Crippen molar-refractivity contribution < 1.29 is 14.3 Å². The Morgan fingerprint density at radius 3 is 2.55 bits per heavy atom. The van der Waals surface area contributed by atoms with Crippen LogP contribution in [-0.2, 0) is 11.3 Å². The molecule has 1 amide bonds. The summed E-state index contributed by atoms with van der Waals surface area (Å²) in [6, 6.07) is 10.8. The normalized spacial score (nSPS) is 11.6. The highest BCUT2D eigenvalue weighted by Crippen LogP contribution is 2.29. The number of thiazole rings is 1. The fourth-order valence-corrected chi connectivity index (χ4v) is 3.96. The number of hydrogen-bond donors (Lipinski definition) is 1. The van der Waals surface area contributed by atoms with Gasteiger partial charge < -0.3 is 9.47 Å². The van der Waals surface area contributed by atoms with E-state index in [1.165, 1.54) is 17.4 Å². The van der Waals surface area contributed by atoms with Crippen LogP contribution in [0.4, 0.5) is 9.93 Å². The van der Waals surface area contributed by atoms with Crippen molar-refractivity contribution in [3.8, 4) is 5.75 Å². The molecule has 0 saturated heterocycles. The molecule has 0 aliphatic rings. The number of rotatable bonds is 4. The van der Waals surface area contributed by atoms with Crippen molar-refractivity contribution in [1.29, 1.82) is 0 Å². The lowest BCUT2D eigenvalue weighted by atomic mass is 10.2. The Bertz CT molecular complexity index is 1320. The Morgan fingerprint density at radius 1 is 1.13 bits per heavy atom. The zero-order valence-electron chi connectivity index (χ0n) is 17.6. The van der Waals surface area contributed by atoms with Gasteiger partial charge in [-0.2, -0.15) is 5.10 Å². The van der Waals surface area contributed by atoms with Crippen LogP contribution < -0.4 is 15.5 Å². The molecular formula is C22H22N4O4S. The van der Waals surface area contributed by atoms with Crippen LogP contribution in [0.2, 0.25) is 0 Å². The summed E-state index contributed by atoms with van der Waals surface area (Å²) in [6.07, 6.45) is 1.23. The molecule has 0 aliphatic carbocycles. The van der Waals surface area contributed by atoms with E-state index >= 15 is 0 Å². The van der Waals surface area contributed by atoms with Crippen molar-refractivity contribution in [1.82, 2.24) is 14.8 Å². The van der Waals surface area contributed by atoms with Crippen molar-refractivity contribution in [2.75, 3.05) is 12.4 Å². The molecule has 2 heterocycles. The van der Waals surface area contributed by atoms with Gasteiger partial charge in [-0.05, 0) is 50.6 Å². The maximum Gasteiger partial charge on any atom is 0.413 e. The van der Waals surface area contributed by atoms with Crippen molar-refractivity contribution in [2.45, 2.75) is 32.9 Å². The van der Waals surface area contributed by atoms with E-state index in [0.29, 0.717) is 28.1 Å². The smallest absolute Gasteiger partial charge is 0.413 e. The third kappa shape index (κ3) is 4.66. The van der Waals surface area contributed by atoms with Crippen LogP contribution in [0.5, 0.6) is 5.75 Å². The van der Waals surface area contributed by atoms with Crippen LogP contribution in [-0.4, -0.2) is 33.6 Å². The number of amides is 1. The number of hydrogen-bond acceptors (Lipinski definition) is 7. The van der Waals surface area contributed by atoms with Gasteiger partial charge in [-0.3, -0.25) is 14.8 Å². The molecule has 0 unspecified atom stereocenters. The average Bonchev–Trinajstić information content (AvgIpc) is 3.26. The Kier molecular flexibility index (Phi) is 5.36. The quantitative estimate of drug-likeness (QED) is 0.507. The summed E-state index contributed by atoms with van der Waals surface area (Å²) in [5.41, 5.74) is 1.16. The first-order chi connectivity index (χ1) is 14.7. The Labute approximate surface area is 182 Å². The highest BCUT2D eigenvalue weighted by atomic mass is 32.1. The van der Waals surface area contributed by atoms with E-state index in [4.69, 9.17) is 9.47 Å². The Hall–Kier alpha value is -3.46. The first-order valence-corrected chi connectivity index (χ1v) is 10.5. The molecule has 31 heavy (non-hydrogen) atoms. The lowest BCUT2D eigenvalue weighted by molar-refractivity contribution is 0.0636. The van der Waals surface area contributed by atoms with E-state index in [1.807, 2.05) is 24.3 Å². The van der Waals surface area contributed by atoms with Gasteiger partial charge in [0.2, 0.25) is 5.43 Å². The third-order valence-corrected chi connectivity index (χ3v) is 5.34. The van der Waals surface area contributed by atoms with Gasteiger partial charge in [0.1, 0.15) is 16.9 Å². The molecule has 2 aromatic heterocycles. The number of fused-ring (bicyclic) bond motifs is 3.